The van der Waals surface area contributed by atoms with Gasteiger partial charge in [0.25, 0.3) is 5.91 Å². The van der Waals surface area contributed by atoms with Crippen LogP contribution in [0.3, 0.4) is 0 Å². The minimum Gasteiger partial charge on any atom is -0.465 e. The molecule has 0 spiro atoms. The molecule has 10 nitrogen and oxygen atoms in total. The Kier molecular flexibility index (Phi) is 5.53. The van der Waals surface area contributed by atoms with Gasteiger partial charge in [0.15, 0.2) is 5.82 Å². The molecule has 11 heteroatoms. The molecule has 0 unspecified atom stereocenters. The van der Waals surface area contributed by atoms with Crippen molar-refractivity contribution in [2.45, 2.75) is 26.3 Å². The molecule has 1 aromatic carbocycles. The molecule has 0 saturated carbocycles. The van der Waals surface area contributed by atoms with Crippen molar-refractivity contribution in [3.8, 4) is 11.3 Å². The molecule has 3 aromatic rings. The maximum absolute atomic E-state index is 13.2. The topological polar surface area (TPSA) is 120 Å². The second-order valence-electron chi connectivity index (χ2n) is 7.91. The zero-order valence-electron chi connectivity index (χ0n) is 17.7. The van der Waals surface area contributed by atoms with Crippen LogP contribution in [0.25, 0.3) is 16.8 Å². The van der Waals surface area contributed by atoms with Crippen LogP contribution < -0.4 is 10.2 Å². The van der Waals surface area contributed by atoms with E-state index in [1.807, 2.05) is 30.3 Å². The minimum atomic E-state index is -1.21. The fraction of sp³-hybridized carbons (Fsp3) is 0.286. The number of rotatable bonds is 3. The number of hydrogen-bond acceptors (Lipinski definition) is 5. The Balaban J connectivity index is 1.75. The Labute approximate surface area is 197 Å². The fourth-order valence-corrected chi connectivity index (χ4v) is 4.84. The zero-order chi connectivity index (χ0) is 23.2. The van der Waals surface area contributed by atoms with Crippen LogP contribution in [0.5, 0.6) is 0 Å². The summed E-state index contributed by atoms with van der Waals surface area (Å²) in [5, 5.41) is 15.7. The summed E-state index contributed by atoms with van der Waals surface area (Å²) in [5.41, 5.74) is 1.85. The van der Waals surface area contributed by atoms with Crippen LogP contribution in [0, 0.1) is 3.57 Å². The number of nitrogens with one attached hydrogen (secondary N) is 1. The van der Waals surface area contributed by atoms with E-state index in [9.17, 15) is 14.4 Å². The molecule has 32 heavy (non-hydrogen) atoms. The lowest BCUT2D eigenvalue weighted by atomic mass is 9.96. The van der Waals surface area contributed by atoms with Gasteiger partial charge in [-0.1, -0.05) is 12.1 Å². The highest BCUT2D eigenvalue weighted by molar-refractivity contribution is 14.1. The molecular weight excluding hydrogens is 527 g/mol. The number of nitrogens with zero attached hydrogens (tertiary/aromatic N) is 5. The molecule has 3 heterocycles. The predicted octanol–water partition coefficient (Wildman–Crippen LogP) is 3.06. The number of hydrogen-bond donors (Lipinski definition) is 2. The molecule has 0 aliphatic carbocycles. The molecule has 1 aliphatic rings. The Bertz CT molecular complexity index is 1250. The number of aromatic nitrogens is 3. The third-order valence-electron chi connectivity index (χ3n) is 5.56. The standard InChI is InChI=1S/C21H21IN6O4/c1-12(29)27-8-7-26(19(30)21(27,2)3)14-6-4-5-13(9-14)16-10-15(22)17-18(25-20(31)32)23-11-24-28(16)17/h4-6,9-11H,7-8H2,1-3H3,(H,31,32)(H,23,24,25). The van der Waals surface area contributed by atoms with Gasteiger partial charge in [0.05, 0.1) is 5.69 Å². The van der Waals surface area contributed by atoms with Crippen LogP contribution >= 0.6 is 22.6 Å². The summed E-state index contributed by atoms with van der Waals surface area (Å²) in [5.74, 6) is -0.0889. The van der Waals surface area contributed by atoms with E-state index < -0.39 is 11.6 Å². The van der Waals surface area contributed by atoms with Crippen molar-refractivity contribution in [2.75, 3.05) is 23.3 Å². The van der Waals surface area contributed by atoms with Crippen molar-refractivity contribution >= 4 is 57.5 Å². The number of piperazine rings is 1. The van der Waals surface area contributed by atoms with Crippen molar-refractivity contribution in [2.24, 2.45) is 0 Å². The molecule has 2 aromatic heterocycles. The smallest absolute Gasteiger partial charge is 0.410 e. The molecule has 0 atom stereocenters. The summed E-state index contributed by atoms with van der Waals surface area (Å²) in [6, 6.07) is 9.38. The molecular formula is C21H21IN6O4. The van der Waals surface area contributed by atoms with E-state index in [2.05, 4.69) is 38.0 Å². The maximum Gasteiger partial charge on any atom is 0.410 e. The van der Waals surface area contributed by atoms with Gasteiger partial charge in [-0.3, -0.25) is 14.9 Å². The van der Waals surface area contributed by atoms with Crippen molar-refractivity contribution in [3.63, 3.8) is 0 Å². The molecule has 2 N–H and O–H groups in total. The maximum atomic E-state index is 13.2. The average Bonchev–Trinajstić information content (AvgIpc) is 3.07. The zero-order valence-corrected chi connectivity index (χ0v) is 19.8. The lowest BCUT2D eigenvalue weighted by Crippen LogP contribution is -2.64. The molecule has 3 amide bonds. The summed E-state index contributed by atoms with van der Waals surface area (Å²) in [6.45, 7) is 5.82. The SMILES string of the molecule is CC(=O)N1CCN(c2cccc(-c3cc(I)c4c(NC(=O)O)ncnn34)c2)C(=O)C1(C)C. The summed E-state index contributed by atoms with van der Waals surface area (Å²) >= 11 is 2.11. The summed E-state index contributed by atoms with van der Waals surface area (Å²) in [4.78, 5) is 43.6. The molecule has 1 saturated heterocycles. The Morgan fingerprint density at radius 3 is 2.66 bits per heavy atom. The Hall–Kier alpha value is -3.22. The number of amides is 3. The highest BCUT2D eigenvalue weighted by Crippen LogP contribution is 2.33. The van der Waals surface area contributed by atoms with E-state index in [-0.39, 0.29) is 17.6 Å². The lowest BCUT2D eigenvalue weighted by Gasteiger charge is -2.45. The van der Waals surface area contributed by atoms with E-state index in [4.69, 9.17) is 5.11 Å². The Morgan fingerprint density at radius 2 is 1.97 bits per heavy atom. The number of fused-ring (bicyclic) bond motifs is 1. The van der Waals surface area contributed by atoms with Gasteiger partial charge < -0.3 is 14.9 Å². The lowest BCUT2D eigenvalue weighted by molar-refractivity contribution is -0.145. The van der Waals surface area contributed by atoms with Gasteiger partial charge in [0.1, 0.15) is 17.4 Å². The summed E-state index contributed by atoms with van der Waals surface area (Å²) < 4.78 is 2.40. The number of carbonyl (C=O) groups excluding carboxylic acids is 2. The normalized spacial score (nSPS) is 15.8. The third-order valence-corrected chi connectivity index (χ3v) is 6.38. The Morgan fingerprint density at radius 1 is 1.22 bits per heavy atom. The van der Waals surface area contributed by atoms with Gasteiger partial charge in [-0.05, 0) is 54.6 Å². The third kappa shape index (κ3) is 3.66. The van der Waals surface area contributed by atoms with Crippen LogP contribution in [0.1, 0.15) is 20.8 Å². The van der Waals surface area contributed by atoms with Crippen LogP contribution in [0.4, 0.5) is 16.3 Å². The summed E-state index contributed by atoms with van der Waals surface area (Å²) in [6.07, 6.45) is 0.0753. The number of carboxylic acid groups (broad SMARTS) is 1. The molecule has 1 aliphatic heterocycles. The van der Waals surface area contributed by atoms with Gasteiger partial charge in [0.2, 0.25) is 5.91 Å². The van der Waals surface area contributed by atoms with E-state index in [1.54, 1.807) is 28.2 Å². The molecule has 166 valence electrons. The van der Waals surface area contributed by atoms with Crippen LogP contribution in [0.2, 0.25) is 0 Å². The van der Waals surface area contributed by atoms with Gasteiger partial charge in [-0.15, -0.1) is 0 Å². The molecule has 1 fully saturated rings. The monoisotopic (exact) mass is 548 g/mol. The highest BCUT2D eigenvalue weighted by atomic mass is 127. The first-order valence-electron chi connectivity index (χ1n) is 9.84. The van der Waals surface area contributed by atoms with Crippen molar-refractivity contribution in [3.05, 3.63) is 40.2 Å². The van der Waals surface area contributed by atoms with E-state index in [0.717, 1.165) is 14.8 Å². The largest absolute Gasteiger partial charge is 0.465 e. The molecule has 0 radical (unpaired) electrons. The fourth-order valence-electron chi connectivity index (χ4n) is 4.06. The molecule has 4 rings (SSSR count). The van der Waals surface area contributed by atoms with Crippen LogP contribution in [-0.4, -0.2) is 61.1 Å². The minimum absolute atomic E-state index is 0.128. The molecule has 0 bridgehead atoms. The van der Waals surface area contributed by atoms with Crippen molar-refractivity contribution in [1.29, 1.82) is 0 Å². The highest BCUT2D eigenvalue weighted by Gasteiger charge is 2.43. The average molecular weight is 548 g/mol. The number of halogens is 1. The second-order valence-corrected chi connectivity index (χ2v) is 9.08. The first-order valence-corrected chi connectivity index (χ1v) is 10.9. The first kappa shape index (κ1) is 22.0. The van der Waals surface area contributed by atoms with Gasteiger partial charge in [-0.2, -0.15) is 5.10 Å². The quantitative estimate of drug-likeness (QED) is 0.486. The number of anilines is 2. The van der Waals surface area contributed by atoms with Crippen LogP contribution in [0.15, 0.2) is 36.7 Å². The van der Waals surface area contributed by atoms with E-state index >= 15 is 0 Å². The van der Waals surface area contributed by atoms with Crippen molar-refractivity contribution < 1.29 is 19.5 Å². The second kappa shape index (κ2) is 8.04. The van der Waals surface area contributed by atoms with Crippen LogP contribution in [-0.2, 0) is 9.59 Å². The summed E-state index contributed by atoms with van der Waals surface area (Å²) in [7, 11) is 0. The van der Waals surface area contributed by atoms with E-state index in [0.29, 0.717) is 24.3 Å². The number of carbonyl (C=O) groups is 3. The number of benzene rings is 1. The van der Waals surface area contributed by atoms with Gasteiger partial charge >= 0.3 is 6.09 Å². The predicted molar refractivity (Wildman–Crippen MR) is 127 cm³/mol. The van der Waals surface area contributed by atoms with Gasteiger partial charge in [0, 0.05) is 34.8 Å². The first-order chi connectivity index (χ1) is 15.1. The van der Waals surface area contributed by atoms with Gasteiger partial charge in [-0.25, -0.2) is 14.3 Å². The van der Waals surface area contributed by atoms with E-state index in [1.165, 1.54) is 13.3 Å². The van der Waals surface area contributed by atoms with Crippen molar-refractivity contribution in [1.82, 2.24) is 19.5 Å².